The van der Waals surface area contributed by atoms with Gasteiger partial charge in [-0.05, 0) is 63.3 Å². The molecule has 4 rings (SSSR count). The maximum Gasteiger partial charge on any atom is 0.349 e. The molecule has 37 heavy (non-hydrogen) atoms. The fourth-order valence-corrected chi connectivity index (χ4v) is 4.69. The molecule has 1 saturated carbocycles. The van der Waals surface area contributed by atoms with Gasteiger partial charge in [-0.3, -0.25) is 9.36 Å². The molecule has 0 spiro atoms. The monoisotopic (exact) mass is 505 g/mol. The normalized spacial score (nSPS) is 14.0. The Bertz CT molecular complexity index is 1320. The third-order valence-electron chi connectivity index (χ3n) is 6.75. The van der Waals surface area contributed by atoms with Crippen LogP contribution in [-0.2, 0) is 29.0 Å². The molecule has 8 heteroatoms. The predicted octanol–water partition coefficient (Wildman–Crippen LogP) is 4.07. The van der Waals surface area contributed by atoms with Gasteiger partial charge in [0.05, 0.1) is 19.7 Å². The predicted molar refractivity (Wildman–Crippen MR) is 141 cm³/mol. The Morgan fingerprint density at radius 1 is 1.00 bits per heavy atom. The van der Waals surface area contributed by atoms with E-state index >= 15 is 0 Å². The van der Waals surface area contributed by atoms with E-state index in [0.717, 1.165) is 36.8 Å². The van der Waals surface area contributed by atoms with Gasteiger partial charge in [-0.15, -0.1) is 0 Å². The average Bonchev–Trinajstić information content (AvgIpc) is 3.42. The molecule has 0 saturated heterocycles. The number of esters is 1. The molecular formula is C29H35N3O5. The highest BCUT2D eigenvalue weighted by atomic mass is 16.6. The summed E-state index contributed by atoms with van der Waals surface area (Å²) in [6.45, 7) is 5.96. The molecular weight excluding hydrogens is 470 g/mol. The lowest BCUT2D eigenvalue weighted by Crippen LogP contribution is -2.44. The fourth-order valence-electron chi connectivity index (χ4n) is 4.69. The lowest BCUT2D eigenvalue weighted by atomic mass is 10.0. The van der Waals surface area contributed by atoms with Crippen LogP contribution in [0.25, 0.3) is 0 Å². The standard InChI is InChI=1S/C29H35N3O5/c1-4-36-27(34)29(2,3)37-24-16-14-21(15-17-24)18-19-32-28(35)31(20-22-10-6-5-7-11-22)26(33)25(30-32)23-12-8-9-13-23/h5-7,10-11,14-17,23H,4,8-9,12-13,18-20H2,1-3H3. The van der Waals surface area contributed by atoms with Gasteiger partial charge < -0.3 is 9.47 Å². The van der Waals surface area contributed by atoms with E-state index < -0.39 is 17.3 Å². The van der Waals surface area contributed by atoms with Crippen molar-refractivity contribution in [1.29, 1.82) is 0 Å². The van der Waals surface area contributed by atoms with Gasteiger partial charge in [-0.1, -0.05) is 55.3 Å². The topological polar surface area (TPSA) is 92.4 Å². The molecule has 0 amide bonds. The van der Waals surface area contributed by atoms with Crippen LogP contribution >= 0.6 is 0 Å². The molecule has 1 aromatic heterocycles. The Morgan fingerprint density at radius 3 is 2.32 bits per heavy atom. The molecule has 3 aromatic rings. The molecule has 2 aromatic carbocycles. The molecule has 1 aliphatic carbocycles. The maximum atomic E-state index is 13.3. The molecule has 196 valence electrons. The van der Waals surface area contributed by atoms with Crippen molar-refractivity contribution in [1.82, 2.24) is 14.3 Å². The van der Waals surface area contributed by atoms with Gasteiger partial charge in [-0.25, -0.2) is 14.3 Å². The third-order valence-corrected chi connectivity index (χ3v) is 6.75. The summed E-state index contributed by atoms with van der Waals surface area (Å²) in [5.74, 6) is 0.228. The molecule has 0 aliphatic heterocycles. The van der Waals surface area contributed by atoms with Gasteiger partial charge >= 0.3 is 11.7 Å². The SMILES string of the molecule is CCOC(=O)C(C)(C)Oc1ccc(CCn2nc(C3CCCC3)c(=O)n(Cc3ccccc3)c2=O)cc1. The first-order chi connectivity index (χ1) is 17.8. The summed E-state index contributed by atoms with van der Waals surface area (Å²) in [5.41, 5.74) is 0.613. The zero-order valence-electron chi connectivity index (χ0n) is 21.8. The highest BCUT2D eigenvalue weighted by Gasteiger charge is 2.31. The van der Waals surface area contributed by atoms with Gasteiger partial charge in [0.25, 0.3) is 5.56 Å². The number of carbonyl (C=O) groups excluding carboxylic acids is 1. The van der Waals surface area contributed by atoms with E-state index in [2.05, 4.69) is 5.10 Å². The van der Waals surface area contributed by atoms with Crippen LogP contribution in [0.15, 0.2) is 64.2 Å². The zero-order chi connectivity index (χ0) is 26.4. The Labute approximate surface area is 216 Å². The van der Waals surface area contributed by atoms with Crippen LogP contribution in [0, 0.1) is 0 Å². The summed E-state index contributed by atoms with van der Waals surface area (Å²) >= 11 is 0. The second-order valence-corrected chi connectivity index (χ2v) is 9.98. The van der Waals surface area contributed by atoms with Crippen molar-refractivity contribution < 1.29 is 14.3 Å². The molecule has 1 aliphatic rings. The first kappa shape index (κ1) is 26.4. The van der Waals surface area contributed by atoms with Crippen molar-refractivity contribution in [2.75, 3.05) is 6.61 Å². The first-order valence-corrected chi connectivity index (χ1v) is 13.0. The number of aromatic nitrogens is 3. The van der Waals surface area contributed by atoms with Gasteiger partial charge in [-0.2, -0.15) is 5.10 Å². The number of ether oxygens (including phenoxy) is 2. The number of hydrogen-bond acceptors (Lipinski definition) is 6. The number of carbonyl (C=O) groups is 1. The second-order valence-electron chi connectivity index (χ2n) is 9.98. The Kier molecular flexibility index (Phi) is 8.26. The Balaban J connectivity index is 1.54. The largest absolute Gasteiger partial charge is 0.476 e. The molecule has 1 heterocycles. The lowest BCUT2D eigenvalue weighted by molar-refractivity contribution is -0.158. The summed E-state index contributed by atoms with van der Waals surface area (Å²) in [4.78, 5) is 38.7. The minimum absolute atomic E-state index is 0.0977. The van der Waals surface area contributed by atoms with Gasteiger partial charge in [0, 0.05) is 5.92 Å². The van der Waals surface area contributed by atoms with E-state index in [9.17, 15) is 14.4 Å². The van der Waals surface area contributed by atoms with Crippen molar-refractivity contribution in [3.8, 4) is 5.75 Å². The highest BCUT2D eigenvalue weighted by Crippen LogP contribution is 2.31. The van der Waals surface area contributed by atoms with Crippen LogP contribution in [0.4, 0.5) is 0 Å². The summed E-state index contributed by atoms with van der Waals surface area (Å²) < 4.78 is 13.7. The molecule has 8 nitrogen and oxygen atoms in total. The third kappa shape index (κ3) is 6.37. The van der Waals surface area contributed by atoms with Crippen molar-refractivity contribution in [2.24, 2.45) is 0 Å². The van der Waals surface area contributed by atoms with E-state index in [0.29, 0.717) is 31.0 Å². The van der Waals surface area contributed by atoms with E-state index in [1.807, 2.05) is 42.5 Å². The molecule has 0 atom stereocenters. The van der Waals surface area contributed by atoms with Crippen molar-refractivity contribution in [2.45, 2.75) is 77.5 Å². The fraction of sp³-hybridized carbons (Fsp3) is 0.448. The Morgan fingerprint density at radius 2 is 1.68 bits per heavy atom. The van der Waals surface area contributed by atoms with Gasteiger partial charge in [0.2, 0.25) is 0 Å². The average molecular weight is 506 g/mol. The highest BCUT2D eigenvalue weighted by molar-refractivity contribution is 5.79. The summed E-state index contributed by atoms with van der Waals surface area (Å²) in [6, 6.07) is 16.9. The van der Waals surface area contributed by atoms with Crippen LogP contribution < -0.4 is 16.0 Å². The van der Waals surface area contributed by atoms with E-state index in [1.165, 1.54) is 9.25 Å². The van der Waals surface area contributed by atoms with Crippen LogP contribution in [0.1, 0.15) is 69.2 Å². The van der Waals surface area contributed by atoms with Crippen molar-refractivity contribution in [3.63, 3.8) is 0 Å². The van der Waals surface area contributed by atoms with Crippen LogP contribution in [0.3, 0.4) is 0 Å². The lowest BCUT2D eigenvalue weighted by Gasteiger charge is -2.24. The Hall–Kier alpha value is -3.68. The number of nitrogens with zero attached hydrogens (tertiary/aromatic N) is 3. The number of rotatable bonds is 10. The molecule has 0 bridgehead atoms. The second kappa shape index (κ2) is 11.6. The molecule has 0 unspecified atom stereocenters. The van der Waals surface area contributed by atoms with Crippen LogP contribution in [0.2, 0.25) is 0 Å². The van der Waals surface area contributed by atoms with E-state index in [-0.39, 0.29) is 18.0 Å². The van der Waals surface area contributed by atoms with Gasteiger partial charge in [0.15, 0.2) is 5.60 Å². The number of benzene rings is 2. The van der Waals surface area contributed by atoms with Crippen molar-refractivity contribution >= 4 is 5.97 Å². The molecule has 0 N–H and O–H groups in total. The summed E-state index contributed by atoms with van der Waals surface area (Å²) in [6.07, 6.45) is 4.56. The van der Waals surface area contributed by atoms with E-state index in [1.54, 1.807) is 32.9 Å². The van der Waals surface area contributed by atoms with Crippen molar-refractivity contribution in [3.05, 3.63) is 92.3 Å². The van der Waals surface area contributed by atoms with Gasteiger partial charge in [0.1, 0.15) is 11.4 Å². The molecule has 0 radical (unpaired) electrons. The molecule has 1 fully saturated rings. The smallest absolute Gasteiger partial charge is 0.349 e. The van der Waals surface area contributed by atoms with Crippen LogP contribution in [0.5, 0.6) is 5.75 Å². The minimum atomic E-state index is -1.10. The zero-order valence-corrected chi connectivity index (χ0v) is 21.8. The minimum Gasteiger partial charge on any atom is -0.476 e. The summed E-state index contributed by atoms with van der Waals surface area (Å²) in [7, 11) is 0. The number of aryl methyl sites for hydroxylation is 2. The van der Waals surface area contributed by atoms with Crippen LogP contribution in [-0.4, -0.2) is 32.5 Å². The van der Waals surface area contributed by atoms with E-state index in [4.69, 9.17) is 9.47 Å². The first-order valence-electron chi connectivity index (χ1n) is 13.0. The quantitative estimate of drug-likeness (QED) is 0.386. The number of hydrogen-bond donors (Lipinski definition) is 0. The maximum absolute atomic E-state index is 13.3. The summed E-state index contributed by atoms with van der Waals surface area (Å²) in [5, 5.41) is 4.57.